The maximum Gasteiger partial charge on any atom is 0.141 e. The number of methoxy groups -OCH3 is 1. The fourth-order valence-electron chi connectivity index (χ4n) is 4.84. The summed E-state index contributed by atoms with van der Waals surface area (Å²) in [6.07, 6.45) is 3.27. The molecule has 1 aliphatic heterocycles. The van der Waals surface area contributed by atoms with Crippen LogP contribution in [-0.4, -0.2) is 53.4 Å². The molecule has 4 rings (SSSR count). The van der Waals surface area contributed by atoms with E-state index in [2.05, 4.69) is 21.7 Å². The number of aromatic nitrogens is 1. The molecule has 0 radical (unpaired) electrons. The average molecular weight is 481 g/mol. The number of fused-ring (bicyclic) bond motifs is 1. The molecule has 0 spiro atoms. The lowest BCUT2D eigenvalue weighted by atomic mass is 9.81. The van der Waals surface area contributed by atoms with Crippen LogP contribution in [0.1, 0.15) is 36.5 Å². The van der Waals surface area contributed by atoms with E-state index in [1.807, 2.05) is 24.3 Å². The zero-order valence-electron chi connectivity index (χ0n) is 19.8. The van der Waals surface area contributed by atoms with Gasteiger partial charge in [-0.25, -0.2) is 8.78 Å². The van der Waals surface area contributed by atoms with Crippen LogP contribution in [0.25, 0.3) is 10.9 Å². The van der Waals surface area contributed by atoms with Crippen molar-refractivity contribution in [2.24, 2.45) is 11.8 Å². The van der Waals surface area contributed by atoms with Crippen LogP contribution < -0.4 is 4.74 Å². The lowest BCUT2D eigenvalue weighted by molar-refractivity contribution is 0.0640. The van der Waals surface area contributed by atoms with E-state index >= 15 is 0 Å². The number of likely N-dealkylation sites (tertiary alicyclic amines) is 1. The highest BCUT2D eigenvalue weighted by Gasteiger charge is 2.29. The summed E-state index contributed by atoms with van der Waals surface area (Å²) in [5.74, 6) is 5.18. The third-order valence-electron chi connectivity index (χ3n) is 6.84. The smallest absolute Gasteiger partial charge is 0.141 e. The molecule has 1 aromatic heterocycles. The molecule has 35 heavy (non-hydrogen) atoms. The third kappa shape index (κ3) is 5.96. The summed E-state index contributed by atoms with van der Waals surface area (Å²) in [5, 5.41) is 21.8. The number of aliphatic hydroxyl groups excluding tert-OH is 2. The Bertz CT molecular complexity index is 1200. The van der Waals surface area contributed by atoms with Crippen molar-refractivity contribution in [3.05, 3.63) is 71.4 Å². The van der Waals surface area contributed by atoms with Crippen molar-refractivity contribution in [1.82, 2.24) is 9.88 Å². The lowest BCUT2D eigenvalue weighted by Crippen LogP contribution is -2.42. The minimum atomic E-state index is -0.663. The first kappa shape index (κ1) is 25.1. The summed E-state index contributed by atoms with van der Waals surface area (Å²) in [7, 11) is 1.61. The molecule has 2 heterocycles. The van der Waals surface area contributed by atoms with E-state index in [1.54, 1.807) is 13.3 Å². The zero-order chi connectivity index (χ0) is 24.8. The predicted molar refractivity (Wildman–Crippen MR) is 131 cm³/mol. The van der Waals surface area contributed by atoms with Gasteiger partial charge in [0, 0.05) is 24.7 Å². The van der Waals surface area contributed by atoms with Crippen molar-refractivity contribution in [2.45, 2.75) is 25.4 Å². The molecule has 0 saturated carbocycles. The van der Waals surface area contributed by atoms with Gasteiger partial charge in [-0.2, -0.15) is 0 Å². The van der Waals surface area contributed by atoms with Gasteiger partial charge in [0.1, 0.15) is 17.4 Å². The minimum absolute atomic E-state index is 0.0437. The molecule has 2 aromatic carbocycles. The number of nitrogens with zero attached hydrogens (tertiary/aromatic N) is 2. The van der Waals surface area contributed by atoms with Crippen molar-refractivity contribution in [1.29, 1.82) is 0 Å². The van der Waals surface area contributed by atoms with Gasteiger partial charge in [0.15, 0.2) is 0 Å². The molecular weight excluding hydrogens is 450 g/mol. The van der Waals surface area contributed by atoms with Crippen LogP contribution in [0.2, 0.25) is 0 Å². The largest absolute Gasteiger partial charge is 0.497 e. The van der Waals surface area contributed by atoms with Crippen molar-refractivity contribution in [3.8, 4) is 17.6 Å². The molecule has 3 aromatic rings. The highest BCUT2D eigenvalue weighted by atomic mass is 19.1. The van der Waals surface area contributed by atoms with Gasteiger partial charge in [0.25, 0.3) is 0 Å². The number of halogens is 2. The number of piperidine rings is 1. The number of hydrogen-bond acceptors (Lipinski definition) is 5. The Morgan fingerprint density at radius 2 is 1.97 bits per heavy atom. The summed E-state index contributed by atoms with van der Waals surface area (Å²) >= 11 is 0. The fraction of sp³-hybridized carbons (Fsp3) is 0.393. The second kappa shape index (κ2) is 11.6. The summed E-state index contributed by atoms with van der Waals surface area (Å²) in [5.41, 5.74) is 1.42. The molecule has 5 nitrogen and oxygen atoms in total. The van der Waals surface area contributed by atoms with Gasteiger partial charge in [-0.3, -0.25) is 9.88 Å². The third-order valence-corrected chi connectivity index (χ3v) is 6.84. The normalized spacial score (nSPS) is 19.2. The van der Waals surface area contributed by atoms with Crippen LogP contribution in [0.15, 0.2) is 48.7 Å². The van der Waals surface area contributed by atoms with E-state index < -0.39 is 17.7 Å². The van der Waals surface area contributed by atoms with E-state index in [-0.39, 0.29) is 24.0 Å². The molecule has 0 amide bonds. The van der Waals surface area contributed by atoms with Gasteiger partial charge < -0.3 is 14.9 Å². The van der Waals surface area contributed by atoms with E-state index in [0.717, 1.165) is 35.9 Å². The standard InChI is InChI=1S/C28H30F2N2O3/c1-35-21-8-9-27-24(16-21)22(11-13-31-27)28(34)10-7-19-12-15-32(17-20(19)18-33)14-3-4-23-25(29)5-2-6-26(23)30/h2,5-6,8-9,11,13,16,19-20,28,33-34H,7,10,12,14-15,17-18H2,1H3/t19-,20-,28+/m1/s1. The first-order valence-electron chi connectivity index (χ1n) is 11.9. The molecule has 0 unspecified atom stereocenters. The number of pyridine rings is 1. The molecule has 2 N–H and O–H groups in total. The molecule has 3 atom stereocenters. The van der Waals surface area contributed by atoms with Crippen molar-refractivity contribution in [2.75, 3.05) is 33.4 Å². The van der Waals surface area contributed by atoms with Gasteiger partial charge in [-0.15, -0.1) is 0 Å². The second-order valence-electron chi connectivity index (χ2n) is 9.00. The monoisotopic (exact) mass is 480 g/mol. The predicted octanol–water partition coefficient (Wildman–Crippen LogP) is 4.32. The van der Waals surface area contributed by atoms with Gasteiger partial charge in [-0.05, 0) is 79.6 Å². The molecule has 184 valence electrons. The van der Waals surface area contributed by atoms with E-state index in [0.29, 0.717) is 25.3 Å². The number of benzene rings is 2. The molecule has 1 fully saturated rings. The Balaban J connectivity index is 1.35. The zero-order valence-corrected chi connectivity index (χ0v) is 19.8. The average Bonchev–Trinajstić information content (AvgIpc) is 2.88. The number of aliphatic hydroxyl groups is 2. The Labute approximate surface area is 204 Å². The Morgan fingerprint density at radius 3 is 2.71 bits per heavy atom. The van der Waals surface area contributed by atoms with Crippen molar-refractivity contribution >= 4 is 10.9 Å². The Morgan fingerprint density at radius 1 is 1.17 bits per heavy atom. The van der Waals surface area contributed by atoms with Crippen LogP contribution in [0.5, 0.6) is 5.75 Å². The van der Waals surface area contributed by atoms with Crippen LogP contribution in [0, 0.1) is 35.3 Å². The first-order chi connectivity index (χ1) is 17.0. The van der Waals surface area contributed by atoms with Crippen LogP contribution in [0.4, 0.5) is 8.78 Å². The molecule has 0 bridgehead atoms. The quantitative estimate of drug-likeness (QED) is 0.493. The van der Waals surface area contributed by atoms with Crippen molar-refractivity contribution < 1.29 is 23.7 Å². The molecule has 7 heteroatoms. The fourth-order valence-corrected chi connectivity index (χ4v) is 4.84. The summed E-state index contributed by atoms with van der Waals surface area (Å²) in [6, 6.07) is 11.2. The van der Waals surface area contributed by atoms with Crippen LogP contribution in [-0.2, 0) is 0 Å². The maximum atomic E-state index is 13.8. The van der Waals surface area contributed by atoms with Crippen LogP contribution in [0.3, 0.4) is 0 Å². The number of hydrogen-bond donors (Lipinski definition) is 2. The van der Waals surface area contributed by atoms with Gasteiger partial charge in [0.2, 0.25) is 0 Å². The van der Waals surface area contributed by atoms with Gasteiger partial charge in [0.05, 0.1) is 30.8 Å². The van der Waals surface area contributed by atoms with Gasteiger partial charge >= 0.3 is 0 Å². The number of rotatable bonds is 7. The molecule has 1 saturated heterocycles. The maximum absolute atomic E-state index is 13.8. The lowest BCUT2D eigenvalue weighted by Gasteiger charge is -2.37. The number of ether oxygens (including phenoxy) is 1. The highest BCUT2D eigenvalue weighted by molar-refractivity contribution is 5.83. The topological polar surface area (TPSA) is 65.8 Å². The Kier molecular flexibility index (Phi) is 8.29. The first-order valence-corrected chi connectivity index (χ1v) is 11.9. The van der Waals surface area contributed by atoms with Gasteiger partial charge in [-0.1, -0.05) is 17.9 Å². The van der Waals surface area contributed by atoms with E-state index in [9.17, 15) is 19.0 Å². The van der Waals surface area contributed by atoms with E-state index in [4.69, 9.17) is 4.74 Å². The Hall–Kier alpha value is -3.05. The summed E-state index contributed by atoms with van der Waals surface area (Å²) in [6.45, 7) is 1.86. The molecule has 0 aliphatic carbocycles. The van der Waals surface area contributed by atoms with Crippen LogP contribution >= 0.6 is 0 Å². The second-order valence-corrected chi connectivity index (χ2v) is 9.00. The SMILES string of the molecule is COc1ccc2nccc([C@@H](O)CC[C@@H]3CCN(CC#Cc4c(F)cccc4F)C[C@@H]3CO)c2c1. The minimum Gasteiger partial charge on any atom is -0.497 e. The van der Waals surface area contributed by atoms with E-state index in [1.165, 1.54) is 18.2 Å². The van der Waals surface area contributed by atoms with Crippen molar-refractivity contribution in [3.63, 3.8) is 0 Å². The molecular formula is C28H30F2N2O3. The summed E-state index contributed by atoms with van der Waals surface area (Å²) in [4.78, 5) is 6.48. The highest BCUT2D eigenvalue weighted by Crippen LogP contribution is 2.33. The summed E-state index contributed by atoms with van der Waals surface area (Å²) < 4.78 is 32.8. The molecule has 1 aliphatic rings.